The molecule has 2 aromatic rings. The molecule has 2 aromatic carbocycles. The Hall–Kier alpha value is -2.44. The molecule has 0 aromatic heterocycles. The predicted molar refractivity (Wildman–Crippen MR) is 167 cm³/mol. The second-order valence-corrected chi connectivity index (χ2v) is 11.6. The van der Waals surface area contributed by atoms with Gasteiger partial charge >= 0.3 is 0 Å². The van der Waals surface area contributed by atoms with Crippen molar-refractivity contribution < 1.29 is 9.53 Å². The summed E-state index contributed by atoms with van der Waals surface area (Å²) in [7, 11) is 0. The van der Waals surface area contributed by atoms with Gasteiger partial charge in [-0.05, 0) is 74.0 Å². The zero-order valence-electron chi connectivity index (χ0n) is 24.3. The van der Waals surface area contributed by atoms with E-state index in [1.807, 2.05) is 0 Å². The largest absolute Gasteiger partial charge is 0.380 e. The molecule has 0 bridgehead atoms. The van der Waals surface area contributed by atoms with E-state index in [9.17, 15) is 4.79 Å². The van der Waals surface area contributed by atoms with Crippen molar-refractivity contribution in [2.75, 3.05) is 37.5 Å². The second kappa shape index (κ2) is 13.3. The van der Waals surface area contributed by atoms with Gasteiger partial charge in [-0.25, -0.2) is 4.99 Å². The minimum atomic E-state index is -0.0396. The van der Waals surface area contributed by atoms with Crippen molar-refractivity contribution in [3.8, 4) is 11.1 Å². The van der Waals surface area contributed by atoms with E-state index in [1.54, 1.807) is 6.26 Å². The van der Waals surface area contributed by atoms with Crippen LogP contribution in [0.1, 0.15) is 58.4 Å². The first-order valence-electron chi connectivity index (χ1n) is 14.5. The molecule has 3 aliphatic rings. The van der Waals surface area contributed by atoms with Gasteiger partial charge in [-0.15, -0.1) is 0 Å². The van der Waals surface area contributed by atoms with Gasteiger partial charge in [0.2, 0.25) is 5.91 Å². The summed E-state index contributed by atoms with van der Waals surface area (Å²) >= 11 is 3.53. The maximum Gasteiger partial charge on any atom is 0.234 e. The van der Waals surface area contributed by atoms with Crippen LogP contribution in [0.15, 0.2) is 58.5 Å². The molecule has 1 aliphatic carbocycles. The summed E-state index contributed by atoms with van der Waals surface area (Å²) in [5.74, 6) is 2.10. The Labute approximate surface area is 240 Å². The molecule has 2 atom stereocenters. The van der Waals surface area contributed by atoms with E-state index >= 15 is 0 Å². The number of aryl methyl sites for hydroxylation is 1. The summed E-state index contributed by atoms with van der Waals surface area (Å²) in [6.07, 6.45) is 7.20. The number of hydrogen-bond acceptors (Lipinski definition) is 5. The van der Waals surface area contributed by atoms with E-state index in [0.717, 1.165) is 62.3 Å². The van der Waals surface area contributed by atoms with Crippen LogP contribution in [-0.2, 0) is 9.53 Å². The smallest absolute Gasteiger partial charge is 0.234 e. The lowest BCUT2D eigenvalue weighted by Gasteiger charge is -2.34. The molecular weight excluding hydrogens is 502 g/mol. The zero-order valence-corrected chi connectivity index (χ0v) is 25.2. The van der Waals surface area contributed by atoms with Crippen molar-refractivity contribution in [2.24, 2.45) is 33.2 Å². The van der Waals surface area contributed by atoms with Crippen molar-refractivity contribution in [3.05, 3.63) is 54.1 Å². The maximum atomic E-state index is 13.7. The fourth-order valence-electron chi connectivity index (χ4n) is 6.15. The number of ether oxygens (including phenoxy) is 1. The van der Waals surface area contributed by atoms with E-state index in [1.165, 1.54) is 16.8 Å². The van der Waals surface area contributed by atoms with Gasteiger partial charge in [0.15, 0.2) is 0 Å². The second-order valence-electron chi connectivity index (χ2n) is 11.6. The van der Waals surface area contributed by atoms with Crippen LogP contribution in [0, 0.1) is 30.1 Å². The van der Waals surface area contributed by atoms with Gasteiger partial charge in [-0.2, -0.15) is 12.6 Å². The number of hydrogen-bond donors (Lipinski definition) is 1. The molecule has 1 saturated heterocycles. The van der Waals surface area contributed by atoms with Gasteiger partial charge in [-0.1, -0.05) is 69.2 Å². The minimum Gasteiger partial charge on any atom is -0.380 e. The number of carbonyl (C=O) groups excluding carboxylic acids is 1. The summed E-state index contributed by atoms with van der Waals surface area (Å²) in [4.78, 5) is 25.7. The fraction of sp³-hybridized carbons (Fsp3) is 0.545. The summed E-state index contributed by atoms with van der Waals surface area (Å²) in [6, 6.07) is 17.1. The number of amides is 1. The van der Waals surface area contributed by atoms with Crippen molar-refractivity contribution in [2.45, 2.75) is 59.8 Å². The molecule has 210 valence electrons. The van der Waals surface area contributed by atoms with Gasteiger partial charge < -0.3 is 9.64 Å². The Kier molecular flexibility index (Phi) is 10.1. The number of benzene rings is 2. The molecule has 0 N–H and O–H groups in total. The van der Waals surface area contributed by atoms with Gasteiger partial charge in [0.05, 0.1) is 25.7 Å². The molecule has 0 radical (unpaired) electrons. The van der Waals surface area contributed by atoms with Crippen LogP contribution in [0.4, 0.5) is 5.69 Å². The third kappa shape index (κ3) is 6.66. The average Bonchev–Trinajstić information content (AvgIpc) is 3.57. The van der Waals surface area contributed by atoms with Crippen LogP contribution < -0.4 is 4.90 Å². The van der Waals surface area contributed by atoms with Gasteiger partial charge in [0, 0.05) is 23.4 Å². The molecule has 2 fully saturated rings. The van der Waals surface area contributed by atoms with Gasteiger partial charge in [0.25, 0.3) is 0 Å². The number of aliphatic imine (C=N–C) groups is 2. The highest BCUT2D eigenvalue weighted by Gasteiger charge is 2.45. The highest BCUT2D eigenvalue weighted by molar-refractivity contribution is 7.79. The standard InChI is InChI=1S/C32H41N3O2.CH4S/c1-5-14-32(31-33-18-29(34-31)22(2)3)15-13-24(17-32)19-35(30(36)27-20-37-21-27)28-8-6-7-26(16-28)25-11-9-23(4)10-12-25;1-2/h6-12,16,22,24,27H,5,13-15,17-21H2,1-4H3;2H,1H3. The van der Waals surface area contributed by atoms with Gasteiger partial charge in [0.1, 0.15) is 5.84 Å². The summed E-state index contributed by atoms with van der Waals surface area (Å²) in [5.41, 5.74) is 5.81. The Balaban J connectivity index is 0.00000172. The van der Waals surface area contributed by atoms with E-state index < -0.39 is 0 Å². The molecule has 2 heterocycles. The van der Waals surface area contributed by atoms with E-state index in [2.05, 4.69) is 93.8 Å². The number of thiol groups is 1. The number of anilines is 1. The lowest BCUT2D eigenvalue weighted by Crippen LogP contribution is -2.46. The Morgan fingerprint density at radius 2 is 1.87 bits per heavy atom. The Morgan fingerprint density at radius 1 is 1.13 bits per heavy atom. The quantitative estimate of drug-likeness (QED) is 0.335. The highest BCUT2D eigenvalue weighted by Crippen LogP contribution is 2.48. The normalized spacial score (nSPS) is 22.6. The molecular formula is C33H45N3O2S. The molecule has 1 saturated carbocycles. The number of amidine groups is 1. The SMILES string of the molecule is CCCC1(C2=NCC(C(C)C)=N2)CCC(CN(C(=O)C2COC2)c2cccc(-c3ccc(C)cc3)c2)C1.CS. The van der Waals surface area contributed by atoms with Crippen molar-refractivity contribution >= 4 is 35.8 Å². The minimum absolute atomic E-state index is 0.0396. The van der Waals surface area contributed by atoms with E-state index in [-0.39, 0.29) is 17.2 Å². The first kappa shape index (κ1) is 29.5. The van der Waals surface area contributed by atoms with Crippen molar-refractivity contribution in [1.82, 2.24) is 0 Å². The first-order valence-corrected chi connectivity index (χ1v) is 15.4. The molecule has 0 spiro atoms. The van der Waals surface area contributed by atoms with Crippen LogP contribution in [0.25, 0.3) is 11.1 Å². The first-order chi connectivity index (χ1) is 18.9. The molecule has 1 amide bonds. The van der Waals surface area contributed by atoms with E-state index in [0.29, 0.717) is 25.0 Å². The molecule has 5 rings (SSSR count). The van der Waals surface area contributed by atoms with Crippen molar-refractivity contribution in [1.29, 1.82) is 0 Å². The molecule has 2 aliphatic heterocycles. The number of rotatable bonds is 9. The summed E-state index contributed by atoms with van der Waals surface area (Å²) in [6.45, 7) is 11.3. The zero-order chi connectivity index (χ0) is 28.0. The fourth-order valence-corrected chi connectivity index (χ4v) is 6.15. The molecule has 39 heavy (non-hydrogen) atoms. The lowest BCUT2D eigenvalue weighted by atomic mass is 9.79. The van der Waals surface area contributed by atoms with Crippen LogP contribution in [0.5, 0.6) is 0 Å². The monoisotopic (exact) mass is 547 g/mol. The van der Waals surface area contributed by atoms with Crippen molar-refractivity contribution in [3.63, 3.8) is 0 Å². The van der Waals surface area contributed by atoms with Crippen LogP contribution >= 0.6 is 12.6 Å². The van der Waals surface area contributed by atoms with Crippen LogP contribution in [0.2, 0.25) is 0 Å². The summed E-state index contributed by atoms with van der Waals surface area (Å²) < 4.78 is 5.40. The lowest BCUT2D eigenvalue weighted by molar-refractivity contribution is -0.136. The molecule has 5 nitrogen and oxygen atoms in total. The highest BCUT2D eigenvalue weighted by atomic mass is 32.1. The van der Waals surface area contributed by atoms with E-state index in [4.69, 9.17) is 14.7 Å². The average molecular weight is 548 g/mol. The molecule has 6 heteroatoms. The summed E-state index contributed by atoms with van der Waals surface area (Å²) in [5, 5.41) is 0. The third-order valence-corrected chi connectivity index (χ3v) is 8.46. The third-order valence-electron chi connectivity index (χ3n) is 8.46. The van der Waals surface area contributed by atoms with Crippen LogP contribution in [-0.4, -0.2) is 50.0 Å². The van der Waals surface area contributed by atoms with Crippen LogP contribution in [0.3, 0.4) is 0 Å². The topological polar surface area (TPSA) is 54.3 Å². The van der Waals surface area contributed by atoms with Gasteiger partial charge in [-0.3, -0.25) is 9.79 Å². The number of nitrogens with zero attached hydrogens (tertiary/aromatic N) is 3. The number of carbonyl (C=O) groups is 1. The Morgan fingerprint density at radius 3 is 2.49 bits per heavy atom. The molecule has 2 unspecified atom stereocenters. The Bertz CT molecular complexity index is 1190. The maximum absolute atomic E-state index is 13.7. The predicted octanol–water partition coefficient (Wildman–Crippen LogP) is 7.28.